The zero-order valence-electron chi connectivity index (χ0n) is 11.7. The van der Waals surface area contributed by atoms with E-state index in [9.17, 15) is 8.78 Å². The van der Waals surface area contributed by atoms with Crippen LogP contribution in [0.3, 0.4) is 0 Å². The summed E-state index contributed by atoms with van der Waals surface area (Å²) in [6.45, 7) is -0.780. The fourth-order valence-electron chi connectivity index (χ4n) is 2.01. The first-order chi connectivity index (χ1) is 10.7. The van der Waals surface area contributed by atoms with Gasteiger partial charge in [0.25, 0.3) is 12.3 Å². The number of H-pyrrole nitrogens is 1. The molecule has 0 fully saturated rings. The lowest BCUT2D eigenvalue weighted by molar-refractivity contribution is 0.00716. The molecular formula is C14H13F2N3O3. The average Bonchev–Trinajstić information content (AvgIpc) is 3.11. The second-order valence-corrected chi connectivity index (χ2v) is 4.56. The van der Waals surface area contributed by atoms with Gasteiger partial charge in [0, 0.05) is 10.9 Å². The van der Waals surface area contributed by atoms with Crippen LogP contribution in [0.2, 0.25) is 0 Å². The Kier molecular flexibility index (Phi) is 4.01. The van der Waals surface area contributed by atoms with E-state index in [1.165, 1.54) is 0 Å². The molecule has 2 aromatic heterocycles. The fourth-order valence-corrected chi connectivity index (χ4v) is 2.01. The number of alkyl halides is 2. The summed E-state index contributed by atoms with van der Waals surface area (Å²) < 4.78 is 39.0. The molecule has 1 N–H and O–H groups in total. The summed E-state index contributed by atoms with van der Waals surface area (Å²) in [6.07, 6.45) is -2.52. The van der Waals surface area contributed by atoms with E-state index in [1.807, 2.05) is 24.3 Å². The Labute approximate surface area is 124 Å². The molecule has 2 heterocycles. The largest absolute Gasteiger partial charge is 0.497 e. The highest BCUT2D eigenvalue weighted by molar-refractivity contribution is 5.85. The first-order valence-electron chi connectivity index (χ1n) is 6.51. The van der Waals surface area contributed by atoms with Gasteiger partial charge in [-0.05, 0) is 24.3 Å². The summed E-state index contributed by atoms with van der Waals surface area (Å²) in [7, 11) is 1.60. The monoisotopic (exact) mass is 309 g/mol. The van der Waals surface area contributed by atoms with Gasteiger partial charge in [-0.25, -0.2) is 8.78 Å². The minimum absolute atomic E-state index is 0.123. The predicted octanol–water partition coefficient (Wildman–Crippen LogP) is 3.01. The van der Waals surface area contributed by atoms with E-state index in [0.717, 1.165) is 16.7 Å². The highest BCUT2D eigenvalue weighted by atomic mass is 19.3. The second kappa shape index (κ2) is 6.10. The number of nitrogens with zero attached hydrogens (tertiary/aromatic N) is 2. The molecule has 0 unspecified atom stereocenters. The van der Waals surface area contributed by atoms with Crippen molar-refractivity contribution < 1.29 is 22.8 Å². The van der Waals surface area contributed by atoms with Crippen molar-refractivity contribution in [3.05, 3.63) is 30.1 Å². The van der Waals surface area contributed by atoms with Crippen LogP contribution in [-0.2, 0) is 11.3 Å². The van der Waals surface area contributed by atoms with E-state index >= 15 is 0 Å². The van der Waals surface area contributed by atoms with Crippen molar-refractivity contribution in [1.29, 1.82) is 0 Å². The van der Waals surface area contributed by atoms with E-state index in [4.69, 9.17) is 14.0 Å². The second-order valence-electron chi connectivity index (χ2n) is 4.56. The molecule has 1 aromatic carbocycles. The standard InChI is InChI=1S/C14H13F2N3O3/c1-20-9-2-3-10-8(4-9)5-11(17-10)14-18-13(19-22-14)7-21-6-12(15)16/h2-5,12,17H,6-7H2,1H3. The molecule has 116 valence electrons. The molecule has 0 radical (unpaired) electrons. The number of ether oxygens (including phenoxy) is 2. The lowest BCUT2D eigenvalue weighted by atomic mass is 10.2. The maximum Gasteiger partial charge on any atom is 0.274 e. The minimum Gasteiger partial charge on any atom is -0.497 e. The summed E-state index contributed by atoms with van der Waals surface area (Å²) in [5, 5.41) is 4.63. The normalized spacial score (nSPS) is 11.5. The molecule has 3 aromatic rings. The molecule has 0 amide bonds. The molecule has 6 nitrogen and oxygen atoms in total. The summed E-state index contributed by atoms with van der Waals surface area (Å²) in [5.74, 6) is 1.22. The van der Waals surface area contributed by atoms with Gasteiger partial charge in [-0.1, -0.05) is 5.16 Å². The lowest BCUT2D eigenvalue weighted by Crippen LogP contribution is -2.04. The van der Waals surface area contributed by atoms with E-state index in [-0.39, 0.29) is 18.3 Å². The number of benzene rings is 1. The number of fused-ring (bicyclic) bond motifs is 1. The van der Waals surface area contributed by atoms with Gasteiger partial charge in [0.15, 0.2) is 5.82 Å². The van der Waals surface area contributed by atoms with Crippen LogP contribution in [0.1, 0.15) is 5.82 Å². The van der Waals surface area contributed by atoms with Crippen molar-refractivity contribution in [1.82, 2.24) is 15.1 Å². The number of methoxy groups -OCH3 is 1. The number of halogens is 2. The molecule has 8 heteroatoms. The third kappa shape index (κ3) is 3.06. The van der Waals surface area contributed by atoms with Crippen LogP contribution in [0, 0.1) is 0 Å². The average molecular weight is 309 g/mol. The number of rotatable bonds is 6. The molecule has 0 atom stereocenters. The van der Waals surface area contributed by atoms with Gasteiger partial charge in [0.2, 0.25) is 0 Å². The SMILES string of the molecule is COc1ccc2[nH]c(-c3nc(COCC(F)F)no3)cc2c1. The summed E-state index contributed by atoms with van der Waals surface area (Å²) in [6, 6.07) is 7.42. The first-order valence-corrected chi connectivity index (χ1v) is 6.51. The molecule has 0 saturated heterocycles. The summed E-state index contributed by atoms with van der Waals surface area (Å²) in [4.78, 5) is 7.24. The van der Waals surface area contributed by atoms with Crippen molar-refractivity contribution in [3.8, 4) is 17.3 Å². The number of aromatic amines is 1. The zero-order valence-corrected chi connectivity index (χ0v) is 11.7. The molecule has 3 rings (SSSR count). The van der Waals surface area contributed by atoms with Crippen LogP contribution in [0.5, 0.6) is 5.75 Å². The van der Waals surface area contributed by atoms with Gasteiger partial charge in [0.1, 0.15) is 24.7 Å². The Morgan fingerprint density at radius 1 is 1.32 bits per heavy atom. The van der Waals surface area contributed by atoms with Crippen molar-refractivity contribution in [2.45, 2.75) is 13.0 Å². The molecule has 0 aliphatic rings. The van der Waals surface area contributed by atoms with Crippen LogP contribution in [-0.4, -0.2) is 35.3 Å². The summed E-state index contributed by atoms with van der Waals surface area (Å²) in [5.41, 5.74) is 1.53. The van der Waals surface area contributed by atoms with Gasteiger partial charge in [-0.2, -0.15) is 4.98 Å². The molecule has 22 heavy (non-hydrogen) atoms. The van der Waals surface area contributed by atoms with Crippen molar-refractivity contribution in [3.63, 3.8) is 0 Å². The van der Waals surface area contributed by atoms with Crippen molar-refractivity contribution in [2.75, 3.05) is 13.7 Å². The Hall–Kier alpha value is -2.48. The van der Waals surface area contributed by atoms with Gasteiger partial charge in [-0.3, -0.25) is 0 Å². The van der Waals surface area contributed by atoms with Gasteiger partial charge in [-0.15, -0.1) is 0 Å². The highest BCUT2D eigenvalue weighted by Gasteiger charge is 2.13. The maximum absolute atomic E-state index is 12.0. The molecule has 0 aliphatic carbocycles. The third-order valence-corrected chi connectivity index (χ3v) is 3.00. The fraction of sp³-hybridized carbons (Fsp3) is 0.286. The number of nitrogens with one attached hydrogen (secondary N) is 1. The van der Waals surface area contributed by atoms with Gasteiger partial charge < -0.3 is 19.0 Å². The lowest BCUT2D eigenvalue weighted by Gasteiger charge is -1.97. The number of hydrogen-bond donors (Lipinski definition) is 1. The number of hydrogen-bond acceptors (Lipinski definition) is 5. The Balaban J connectivity index is 1.77. The van der Waals surface area contributed by atoms with Gasteiger partial charge >= 0.3 is 0 Å². The van der Waals surface area contributed by atoms with Crippen molar-refractivity contribution in [2.24, 2.45) is 0 Å². The zero-order chi connectivity index (χ0) is 15.5. The number of aromatic nitrogens is 3. The molecule has 0 bridgehead atoms. The minimum atomic E-state index is -2.52. The van der Waals surface area contributed by atoms with Crippen LogP contribution in [0.15, 0.2) is 28.8 Å². The first kappa shape index (κ1) is 14.5. The van der Waals surface area contributed by atoms with Crippen LogP contribution in [0.4, 0.5) is 8.78 Å². The van der Waals surface area contributed by atoms with E-state index < -0.39 is 13.0 Å². The van der Waals surface area contributed by atoms with E-state index in [0.29, 0.717) is 5.69 Å². The predicted molar refractivity (Wildman–Crippen MR) is 73.8 cm³/mol. The Morgan fingerprint density at radius 3 is 2.95 bits per heavy atom. The Morgan fingerprint density at radius 2 is 2.18 bits per heavy atom. The van der Waals surface area contributed by atoms with E-state index in [2.05, 4.69) is 15.1 Å². The van der Waals surface area contributed by atoms with Gasteiger partial charge in [0.05, 0.1) is 7.11 Å². The smallest absolute Gasteiger partial charge is 0.274 e. The highest BCUT2D eigenvalue weighted by Crippen LogP contribution is 2.26. The van der Waals surface area contributed by atoms with Crippen LogP contribution in [0.25, 0.3) is 22.5 Å². The molecule has 0 saturated carbocycles. The molecule has 0 spiro atoms. The maximum atomic E-state index is 12.0. The third-order valence-electron chi connectivity index (χ3n) is 3.00. The Bertz CT molecular complexity index is 770. The molecular weight excluding hydrogens is 296 g/mol. The van der Waals surface area contributed by atoms with Crippen LogP contribution >= 0.6 is 0 Å². The van der Waals surface area contributed by atoms with E-state index in [1.54, 1.807) is 7.11 Å². The van der Waals surface area contributed by atoms with Crippen LogP contribution < -0.4 is 4.74 Å². The quantitative estimate of drug-likeness (QED) is 0.757. The summed E-state index contributed by atoms with van der Waals surface area (Å²) >= 11 is 0. The molecule has 0 aliphatic heterocycles. The topological polar surface area (TPSA) is 73.2 Å². The van der Waals surface area contributed by atoms with Crippen molar-refractivity contribution >= 4 is 10.9 Å².